The third kappa shape index (κ3) is 4.20. The zero-order valence-corrected chi connectivity index (χ0v) is 15.0. The first-order chi connectivity index (χ1) is 12.6. The number of ether oxygens (including phenoxy) is 1. The van der Waals surface area contributed by atoms with Crippen LogP contribution in [-0.2, 0) is 23.4 Å². The largest absolute Gasteiger partial charge is 0.385 e. The van der Waals surface area contributed by atoms with E-state index in [1.807, 2.05) is 34.9 Å². The standard InChI is InChI=1S/C18H25N5O3/c1-26-11-5-9-23-14-20-21-16(23)12-19-17(24)22-10-8-18(25,13-22)15-6-3-2-4-7-15/h2-4,6-7,14,25H,5,8-13H2,1H3,(H,19,24)/t18-/m1/s1. The highest BCUT2D eigenvalue weighted by molar-refractivity contribution is 5.74. The van der Waals surface area contributed by atoms with Crippen molar-refractivity contribution in [3.63, 3.8) is 0 Å². The summed E-state index contributed by atoms with van der Waals surface area (Å²) in [7, 11) is 1.67. The lowest BCUT2D eigenvalue weighted by Gasteiger charge is -2.24. The maximum atomic E-state index is 12.5. The van der Waals surface area contributed by atoms with E-state index < -0.39 is 5.60 Å². The predicted octanol–water partition coefficient (Wildman–Crippen LogP) is 1.12. The van der Waals surface area contributed by atoms with Gasteiger partial charge in [0.25, 0.3) is 0 Å². The van der Waals surface area contributed by atoms with Crippen LogP contribution in [0, 0.1) is 0 Å². The molecule has 1 aromatic carbocycles. The second-order valence-corrected chi connectivity index (χ2v) is 6.51. The summed E-state index contributed by atoms with van der Waals surface area (Å²) in [4.78, 5) is 14.1. The first-order valence-corrected chi connectivity index (χ1v) is 8.79. The fraction of sp³-hybridized carbons (Fsp3) is 0.500. The third-order valence-electron chi connectivity index (χ3n) is 4.69. The van der Waals surface area contributed by atoms with Gasteiger partial charge in [-0.05, 0) is 18.4 Å². The minimum absolute atomic E-state index is 0.205. The van der Waals surface area contributed by atoms with Crippen LogP contribution in [0.4, 0.5) is 4.79 Å². The molecule has 1 aromatic heterocycles. The van der Waals surface area contributed by atoms with Crippen molar-refractivity contribution in [3.8, 4) is 0 Å². The number of aryl methyl sites for hydroxylation is 1. The smallest absolute Gasteiger partial charge is 0.317 e. The van der Waals surface area contributed by atoms with Gasteiger partial charge in [-0.3, -0.25) is 0 Å². The molecule has 0 saturated carbocycles. The normalized spacial score (nSPS) is 19.7. The van der Waals surface area contributed by atoms with Crippen molar-refractivity contribution in [2.24, 2.45) is 0 Å². The van der Waals surface area contributed by atoms with Crippen LogP contribution in [0.5, 0.6) is 0 Å². The Morgan fingerprint density at radius 3 is 2.96 bits per heavy atom. The molecule has 1 saturated heterocycles. The summed E-state index contributed by atoms with van der Waals surface area (Å²) in [5.41, 5.74) is -0.146. The molecule has 26 heavy (non-hydrogen) atoms. The van der Waals surface area contributed by atoms with Crippen molar-refractivity contribution in [2.45, 2.75) is 31.5 Å². The molecule has 0 unspecified atom stereocenters. The SMILES string of the molecule is COCCCn1cnnc1CNC(=O)N1CC[C@](O)(c2ccccc2)C1. The number of benzene rings is 1. The molecule has 8 nitrogen and oxygen atoms in total. The van der Waals surface area contributed by atoms with Gasteiger partial charge in [-0.15, -0.1) is 10.2 Å². The Morgan fingerprint density at radius 1 is 1.38 bits per heavy atom. The fourth-order valence-electron chi connectivity index (χ4n) is 3.20. The van der Waals surface area contributed by atoms with Gasteiger partial charge in [0.2, 0.25) is 0 Å². The number of hydrogen-bond donors (Lipinski definition) is 2. The highest BCUT2D eigenvalue weighted by Crippen LogP contribution is 2.31. The van der Waals surface area contributed by atoms with Gasteiger partial charge in [-0.25, -0.2) is 4.79 Å². The van der Waals surface area contributed by atoms with Gasteiger partial charge in [-0.2, -0.15) is 0 Å². The van der Waals surface area contributed by atoms with Gasteiger partial charge in [0, 0.05) is 26.8 Å². The Bertz CT molecular complexity index is 721. The van der Waals surface area contributed by atoms with E-state index in [4.69, 9.17) is 4.74 Å². The molecule has 0 aliphatic carbocycles. The van der Waals surface area contributed by atoms with Crippen molar-refractivity contribution >= 4 is 6.03 Å². The summed E-state index contributed by atoms with van der Waals surface area (Å²) in [6, 6.07) is 9.28. The number of carbonyl (C=O) groups is 1. The monoisotopic (exact) mass is 359 g/mol. The molecule has 0 bridgehead atoms. The number of urea groups is 1. The molecule has 2 aromatic rings. The van der Waals surface area contributed by atoms with E-state index in [-0.39, 0.29) is 12.6 Å². The van der Waals surface area contributed by atoms with Gasteiger partial charge in [0.1, 0.15) is 11.9 Å². The van der Waals surface area contributed by atoms with E-state index in [1.165, 1.54) is 0 Å². The van der Waals surface area contributed by atoms with Crippen molar-refractivity contribution in [1.82, 2.24) is 25.0 Å². The molecule has 2 amide bonds. The van der Waals surface area contributed by atoms with Crippen LogP contribution in [0.2, 0.25) is 0 Å². The molecular formula is C18H25N5O3. The number of carbonyl (C=O) groups excluding carboxylic acids is 1. The molecule has 2 heterocycles. The summed E-state index contributed by atoms with van der Waals surface area (Å²) < 4.78 is 6.95. The predicted molar refractivity (Wildman–Crippen MR) is 95.3 cm³/mol. The van der Waals surface area contributed by atoms with Gasteiger partial charge < -0.3 is 24.6 Å². The Labute approximate surface area is 152 Å². The molecular weight excluding hydrogens is 334 g/mol. The quantitative estimate of drug-likeness (QED) is 0.723. The summed E-state index contributed by atoms with van der Waals surface area (Å²) in [6.45, 7) is 2.49. The lowest BCUT2D eigenvalue weighted by Crippen LogP contribution is -2.40. The number of nitrogens with zero attached hydrogens (tertiary/aromatic N) is 4. The first-order valence-electron chi connectivity index (χ1n) is 8.79. The van der Waals surface area contributed by atoms with Gasteiger partial charge in [0.15, 0.2) is 5.82 Å². The molecule has 8 heteroatoms. The number of rotatable bonds is 7. The number of aliphatic hydroxyl groups is 1. The van der Waals surface area contributed by atoms with E-state index in [0.29, 0.717) is 31.9 Å². The Morgan fingerprint density at radius 2 is 2.19 bits per heavy atom. The van der Waals surface area contributed by atoms with Crippen LogP contribution in [0.15, 0.2) is 36.7 Å². The first kappa shape index (κ1) is 18.3. The van der Waals surface area contributed by atoms with Gasteiger partial charge in [-0.1, -0.05) is 30.3 Å². The number of likely N-dealkylation sites (tertiary alicyclic amines) is 1. The maximum Gasteiger partial charge on any atom is 0.317 e. The summed E-state index contributed by atoms with van der Waals surface area (Å²) in [5.74, 6) is 0.701. The van der Waals surface area contributed by atoms with Gasteiger partial charge in [0.05, 0.1) is 13.1 Å². The Balaban J connectivity index is 1.53. The molecule has 0 radical (unpaired) electrons. The van der Waals surface area contributed by atoms with Crippen LogP contribution in [0.3, 0.4) is 0 Å². The molecule has 1 aliphatic rings. The molecule has 1 fully saturated rings. The number of methoxy groups -OCH3 is 1. The van der Waals surface area contributed by atoms with E-state index in [0.717, 1.165) is 18.5 Å². The van der Waals surface area contributed by atoms with E-state index in [2.05, 4.69) is 15.5 Å². The topological polar surface area (TPSA) is 92.5 Å². The maximum absolute atomic E-state index is 12.5. The second-order valence-electron chi connectivity index (χ2n) is 6.51. The van der Waals surface area contributed by atoms with Crippen molar-refractivity contribution in [1.29, 1.82) is 0 Å². The number of amides is 2. The molecule has 140 valence electrons. The van der Waals surface area contributed by atoms with Crippen LogP contribution >= 0.6 is 0 Å². The molecule has 1 aliphatic heterocycles. The number of β-amino-alcohol motifs (C(OH)–C–C–N with tert-alkyl or cyclic N) is 1. The molecule has 0 spiro atoms. The van der Waals surface area contributed by atoms with E-state index >= 15 is 0 Å². The highest BCUT2D eigenvalue weighted by Gasteiger charge is 2.39. The van der Waals surface area contributed by atoms with Crippen molar-refractivity contribution < 1.29 is 14.6 Å². The third-order valence-corrected chi connectivity index (χ3v) is 4.69. The van der Waals surface area contributed by atoms with Gasteiger partial charge >= 0.3 is 6.03 Å². The average Bonchev–Trinajstić information content (AvgIpc) is 3.28. The van der Waals surface area contributed by atoms with Crippen molar-refractivity contribution in [3.05, 3.63) is 48.0 Å². The lowest BCUT2D eigenvalue weighted by atomic mass is 9.93. The minimum atomic E-state index is -0.987. The molecule has 2 N–H and O–H groups in total. The Kier molecular flexibility index (Phi) is 5.85. The Hall–Kier alpha value is -2.45. The highest BCUT2D eigenvalue weighted by atomic mass is 16.5. The summed E-state index contributed by atoms with van der Waals surface area (Å²) in [5, 5.41) is 21.7. The number of nitrogens with one attached hydrogen (secondary N) is 1. The number of aromatic nitrogens is 3. The van der Waals surface area contributed by atoms with Crippen LogP contribution in [-0.4, -0.2) is 57.6 Å². The van der Waals surface area contributed by atoms with Crippen LogP contribution in [0.1, 0.15) is 24.2 Å². The zero-order valence-electron chi connectivity index (χ0n) is 15.0. The second kappa shape index (κ2) is 8.29. The summed E-state index contributed by atoms with van der Waals surface area (Å²) >= 11 is 0. The zero-order chi connectivity index (χ0) is 18.4. The molecule has 1 atom stereocenters. The van der Waals surface area contributed by atoms with Crippen LogP contribution in [0.25, 0.3) is 0 Å². The lowest BCUT2D eigenvalue weighted by molar-refractivity contribution is 0.0494. The van der Waals surface area contributed by atoms with E-state index in [9.17, 15) is 9.90 Å². The fourth-order valence-corrected chi connectivity index (χ4v) is 3.20. The minimum Gasteiger partial charge on any atom is -0.385 e. The van der Waals surface area contributed by atoms with Crippen molar-refractivity contribution in [2.75, 3.05) is 26.8 Å². The number of hydrogen-bond acceptors (Lipinski definition) is 5. The van der Waals surface area contributed by atoms with E-state index in [1.54, 1.807) is 18.3 Å². The van der Waals surface area contributed by atoms with Crippen LogP contribution < -0.4 is 5.32 Å². The molecule has 3 rings (SSSR count). The summed E-state index contributed by atoms with van der Waals surface area (Å²) in [6.07, 6.45) is 3.03. The average molecular weight is 359 g/mol.